The molecule has 2 aromatic rings. The summed E-state index contributed by atoms with van der Waals surface area (Å²) in [4.78, 5) is 12.2. The first-order valence-electron chi connectivity index (χ1n) is 5.78. The third-order valence-electron chi connectivity index (χ3n) is 2.42. The van der Waals surface area contributed by atoms with Crippen molar-refractivity contribution in [2.45, 2.75) is 17.6 Å². The molecular weight excluding hydrogens is 242 g/mol. The van der Waals surface area contributed by atoms with Crippen molar-refractivity contribution >= 4 is 23.4 Å². The van der Waals surface area contributed by atoms with Crippen LogP contribution in [0.3, 0.4) is 0 Å². The van der Waals surface area contributed by atoms with Crippen LogP contribution in [0.2, 0.25) is 0 Å². The highest BCUT2D eigenvalue weighted by Gasteiger charge is 1.98. The Balaban J connectivity index is 1.92. The van der Waals surface area contributed by atoms with E-state index in [2.05, 4.69) is 17.4 Å². The minimum atomic E-state index is -0.0404. The maximum absolute atomic E-state index is 10.9. The number of hydrogen-bond donors (Lipinski definition) is 1. The molecule has 0 atom stereocenters. The van der Waals surface area contributed by atoms with E-state index < -0.39 is 0 Å². The summed E-state index contributed by atoms with van der Waals surface area (Å²) in [5.41, 5.74) is 2.09. The molecule has 0 heterocycles. The van der Waals surface area contributed by atoms with Crippen molar-refractivity contribution in [3.63, 3.8) is 0 Å². The molecule has 2 nitrogen and oxygen atoms in total. The molecule has 2 aromatic carbocycles. The molecular formula is C15H15NOS. The summed E-state index contributed by atoms with van der Waals surface area (Å²) < 4.78 is 0. The van der Waals surface area contributed by atoms with Gasteiger partial charge in [0.15, 0.2) is 0 Å². The van der Waals surface area contributed by atoms with Crippen LogP contribution in [0.1, 0.15) is 12.5 Å². The molecule has 0 saturated carbocycles. The van der Waals surface area contributed by atoms with Crippen LogP contribution in [0.5, 0.6) is 0 Å². The summed E-state index contributed by atoms with van der Waals surface area (Å²) in [6.07, 6.45) is 0. The molecule has 0 aliphatic carbocycles. The normalized spacial score (nSPS) is 10.1. The van der Waals surface area contributed by atoms with Crippen molar-refractivity contribution in [2.24, 2.45) is 0 Å². The van der Waals surface area contributed by atoms with Crippen LogP contribution in [0.25, 0.3) is 0 Å². The van der Waals surface area contributed by atoms with E-state index in [0.717, 1.165) is 11.4 Å². The molecule has 0 unspecified atom stereocenters. The van der Waals surface area contributed by atoms with Crippen molar-refractivity contribution < 1.29 is 4.79 Å². The van der Waals surface area contributed by atoms with Crippen LogP contribution >= 0.6 is 11.8 Å². The van der Waals surface area contributed by atoms with Gasteiger partial charge in [-0.2, -0.15) is 0 Å². The molecule has 0 bridgehead atoms. The number of benzene rings is 2. The number of rotatable bonds is 4. The Morgan fingerprint density at radius 2 is 1.72 bits per heavy atom. The summed E-state index contributed by atoms with van der Waals surface area (Å²) in [5, 5.41) is 2.76. The average molecular weight is 257 g/mol. The molecule has 0 aliphatic rings. The van der Waals surface area contributed by atoms with Crippen molar-refractivity contribution in [3.05, 3.63) is 60.2 Å². The molecule has 0 radical (unpaired) electrons. The Labute approximate surface area is 111 Å². The van der Waals surface area contributed by atoms with Crippen molar-refractivity contribution in [3.8, 4) is 0 Å². The monoisotopic (exact) mass is 257 g/mol. The third-order valence-corrected chi connectivity index (χ3v) is 3.51. The number of carbonyl (C=O) groups is 1. The molecule has 0 saturated heterocycles. The molecule has 2 rings (SSSR count). The summed E-state index contributed by atoms with van der Waals surface area (Å²) in [5.74, 6) is 0.895. The Bertz CT molecular complexity index is 508. The van der Waals surface area contributed by atoms with Gasteiger partial charge in [0, 0.05) is 23.3 Å². The quantitative estimate of drug-likeness (QED) is 0.841. The minimum absolute atomic E-state index is 0.0404. The number of nitrogens with one attached hydrogen (secondary N) is 1. The number of carbonyl (C=O) groups excluding carboxylic acids is 1. The van der Waals surface area contributed by atoms with Gasteiger partial charge in [-0.3, -0.25) is 4.79 Å². The number of hydrogen-bond acceptors (Lipinski definition) is 2. The second kappa shape index (κ2) is 6.26. The van der Waals surface area contributed by atoms with Gasteiger partial charge >= 0.3 is 0 Å². The Morgan fingerprint density at radius 3 is 2.33 bits per heavy atom. The fourth-order valence-corrected chi connectivity index (χ4v) is 2.45. The van der Waals surface area contributed by atoms with Gasteiger partial charge < -0.3 is 5.32 Å². The molecule has 0 spiro atoms. The van der Waals surface area contributed by atoms with Crippen LogP contribution in [0.15, 0.2) is 59.5 Å². The molecule has 3 heteroatoms. The van der Waals surface area contributed by atoms with E-state index in [1.165, 1.54) is 17.4 Å². The van der Waals surface area contributed by atoms with E-state index in [1.807, 2.05) is 42.5 Å². The standard InChI is InChI=1S/C15H15NOS/c1-12(17)16-14-9-7-13(8-10-14)11-18-15-5-3-2-4-6-15/h2-10H,11H2,1H3,(H,16,17). The Hall–Kier alpha value is -1.74. The molecule has 1 N–H and O–H groups in total. The van der Waals surface area contributed by atoms with Gasteiger partial charge in [-0.1, -0.05) is 30.3 Å². The predicted octanol–water partition coefficient (Wildman–Crippen LogP) is 3.94. The molecule has 0 fully saturated rings. The van der Waals surface area contributed by atoms with Crippen molar-refractivity contribution in [2.75, 3.05) is 5.32 Å². The van der Waals surface area contributed by atoms with Gasteiger partial charge in [0.1, 0.15) is 0 Å². The maximum atomic E-state index is 10.9. The second-order valence-electron chi connectivity index (χ2n) is 3.98. The van der Waals surface area contributed by atoms with E-state index in [-0.39, 0.29) is 5.91 Å². The summed E-state index contributed by atoms with van der Waals surface area (Å²) in [6, 6.07) is 18.3. The van der Waals surface area contributed by atoms with Gasteiger partial charge in [-0.25, -0.2) is 0 Å². The summed E-state index contributed by atoms with van der Waals surface area (Å²) >= 11 is 1.81. The number of amides is 1. The van der Waals surface area contributed by atoms with E-state index >= 15 is 0 Å². The maximum Gasteiger partial charge on any atom is 0.221 e. The van der Waals surface area contributed by atoms with E-state index in [9.17, 15) is 4.79 Å². The molecule has 18 heavy (non-hydrogen) atoms. The van der Waals surface area contributed by atoms with E-state index in [4.69, 9.17) is 0 Å². The fraction of sp³-hybridized carbons (Fsp3) is 0.133. The second-order valence-corrected chi connectivity index (χ2v) is 5.03. The lowest BCUT2D eigenvalue weighted by atomic mass is 10.2. The van der Waals surface area contributed by atoms with Crippen LogP contribution in [0, 0.1) is 0 Å². The van der Waals surface area contributed by atoms with Gasteiger partial charge in [0.2, 0.25) is 5.91 Å². The number of anilines is 1. The molecule has 0 aliphatic heterocycles. The Kier molecular flexibility index (Phi) is 4.42. The van der Waals surface area contributed by atoms with E-state index in [0.29, 0.717) is 0 Å². The van der Waals surface area contributed by atoms with Gasteiger partial charge in [-0.15, -0.1) is 11.8 Å². The lowest BCUT2D eigenvalue weighted by Gasteiger charge is -2.04. The highest BCUT2D eigenvalue weighted by molar-refractivity contribution is 7.98. The summed E-state index contributed by atoms with van der Waals surface area (Å²) in [7, 11) is 0. The predicted molar refractivity (Wildman–Crippen MR) is 76.7 cm³/mol. The highest BCUT2D eigenvalue weighted by Crippen LogP contribution is 2.22. The first-order chi connectivity index (χ1) is 8.74. The Morgan fingerprint density at radius 1 is 1.06 bits per heavy atom. The third kappa shape index (κ3) is 3.93. The molecule has 92 valence electrons. The van der Waals surface area contributed by atoms with Crippen LogP contribution in [0.4, 0.5) is 5.69 Å². The fourth-order valence-electron chi connectivity index (χ4n) is 1.57. The van der Waals surface area contributed by atoms with E-state index in [1.54, 1.807) is 11.8 Å². The van der Waals surface area contributed by atoms with Gasteiger partial charge in [0.25, 0.3) is 0 Å². The van der Waals surface area contributed by atoms with Crippen LogP contribution in [-0.4, -0.2) is 5.91 Å². The smallest absolute Gasteiger partial charge is 0.221 e. The summed E-state index contributed by atoms with van der Waals surface area (Å²) in [6.45, 7) is 1.51. The lowest BCUT2D eigenvalue weighted by Crippen LogP contribution is -2.05. The lowest BCUT2D eigenvalue weighted by molar-refractivity contribution is -0.114. The average Bonchev–Trinajstić information content (AvgIpc) is 2.38. The van der Waals surface area contributed by atoms with Crippen LogP contribution in [-0.2, 0) is 10.5 Å². The van der Waals surface area contributed by atoms with Crippen molar-refractivity contribution in [1.29, 1.82) is 0 Å². The zero-order chi connectivity index (χ0) is 12.8. The first-order valence-corrected chi connectivity index (χ1v) is 6.77. The first kappa shape index (κ1) is 12.7. The number of thioether (sulfide) groups is 1. The van der Waals surface area contributed by atoms with Gasteiger partial charge in [0.05, 0.1) is 0 Å². The minimum Gasteiger partial charge on any atom is -0.326 e. The molecule has 1 amide bonds. The highest BCUT2D eigenvalue weighted by atomic mass is 32.2. The SMILES string of the molecule is CC(=O)Nc1ccc(CSc2ccccc2)cc1. The largest absolute Gasteiger partial charge is 0.326 e. The zero-order valence-corrected chi connectivity index (χ0v) is 11.0. The molecule has 0 aromatic heterocycles. The topological polar surface area (TPSA) is 29.1 Å². The van der Waals surface area contributed by atoms with Crippen LogP contribution < -0.4 is 5.32 Å². The zero-order valence-electron chi connectivity index (χ0n) is 10.2. The van der Waals surface area contributed by atoms with Crippen molar-refractivity contribution in [1.82, 2.24) is 0 Å². The van der Waals surface area contributed by atoms with Gasteiger partial charge in [-0.05, 0) is 29.8 Å².